The van der Waals surface area contributed by atoms with Gasteiger partial charge in [0, 0.05) is 11.9 Å². The van der Waals surface area contributed by atoms with Crippen molar-refractivity contribution in [2.45, 2.75) is 37.1 Å². The van der Waals surface area contributed by atoms with E-state index in [0.29, 0.717) is 18.5 Å². The maximum Gasteiger partial charge on any atom is 0.311 e. The molecule has 0 spiro atoms. The van der Waals surface area contributed by atoms with E-state index >= 15 is 0 Å². The summed E-state index contributed by atoms with van der Waals surface area (Å²) in [4.78, 5) is 27.9. The van der Waals surface area contributed by atoms with Crippen LogP contribution in [0.1, 0.15) is 25.5 Å². The second-order valence-corrected chi connectivity index (χ2v) is 9.04. The lowest BCUT2D eigenvalue weighted by Gasteiger charge is -2.23. The van der Waals surface area contributed by atoms with E-state index in [9.17, 15) is 22.4 Å². The van der Waals surface area contributed by atoms with Gasteiger partial charge >= 0.3 is 5.97 Å². The third kappa shape index (κ3) is 4.80. The molecule has 1 aliphatic heterocycles. The predicted molar refractivity (Wildman–Crippen MR) is 104 cm³/mol. The molecular weight excluding hydrogens is 421 g/mol. The van der Waals surface area contributed by atoms with Crippen LogP contribution in [0, 0.1) is 5.82 Å². The summed E-state index contributed by atoms with van der Waals surface area (Å²) in [5.41, 5.74) is 0.450. The minimum Gasteiger partial charge on any atom is -0.466 e. The van der Waals surface area contributed by atoms with Crippen molar-refractivity contribution in [3.8, 4) is 0 Å². The van der Waals surface area contributed by atoms with Gasteiger partial charge in [0.15, 0.2) is 5.13 Å². The summed E-state index contributed by atoms with van der Waals surface area (Å²) in [7, 11) is -4.15. The molecule has 1 amide bonds. The molecular formula is C18H20FN3O5S2. The minimum absolute atomic E-state index is 0.0164. The summed E-state index contributed by atoms with van der Waals surface area (Å²) in [5.74, 6) is -1.82. The zero-order valence-electron chi connectivity index (χ0n) is 15.6. The van der Waals surface area contributed by atoms with Crippen molar-refractivity contribution in [1.82, 2.24) is 9.29 Å². The highest BCUT2D eigenvalue weighted by Gasteiger charge is 2.40. The lowest BCUT2D eigenvalue weighted by Crippen LogP contribution is -2.43. The molecule has 0 saturated carbocycles. The van der Waals surface area contributed by atoms with Crippen LogP contribution >= 0.6 is 11.3 Å². The largest absolute Gasteiger partial charge is 0.466 e. The van der Waals surface area contributed by atoms with Crippen molar-refractivity contribution in [3.05, 3.63) is 41.2 Å². The summed E-state index contributed by atoms with van der Waals surface area (Å²) in [6, 6.07) is 4.12. The summed E-state index contributed by atoms with van der Waals surface area (Å²) < 4.78 is 45.6. The monoisotopic (exact) mass is 441 g/mol. The molecule has 0 unspecified atom stereocenters. The Morgan fingerprint density at radius 3 is 2.86 bits per heavy atom. The highest BCUT2D eigenvalue weighted by molar-refractivity contribution is 7.89. The Hall–Kier alpha value is -2.37. The first-order valence-electron chi connectivity index (χ1n) is 9.00. The van der Waals surface area contributed by atoms with Gasteiger partial charge in [-0.3, -0.25) is 9.59 Å². The van der Waals surface area contributed by atoms with E-state index in [0.717, 1.165) is 21.7 Å². The number of hydrogen-bond acceptors (Lipinski definition) is 7. The van der Waals surface area contributed by atoms with Crippen molar-refractivity contribution in [3.63, 3.8) is 0 Å². The number of hydrogen-bond donors (Lipinski definition) is 1. The van der Waals surface area contributed by atoms with Gasteiger partial charge < -0.3 is 10.1 Å². The molecule has 156 valence electrons. The number of thiazole rings is 1. The molecule has 1 aliphatic rings. The zero-order chi connectivity index (χ0) is 21.0. The quantitative estimate of drug-likeness (QED) is 0.660. The van der Waals surface area contributed by atoms with Crippen molar-refractivity contribution >= 4 is 38.4 Å². The fourth-order valence-corrected chi connectivity index (χ4v) is 5.50. The first kappa shape index (κ1) is 21.3. The Kier molecular flexibility index (Phi) is 6.60. The molecule has 2 aromatic rings. The van der Waals surface area contributed by atoms with Crippen LogP contribution in [0.4, 0.5) is 9.52 Å². The van der Waals surface area contributed by atoms with Gasteiger partial charge in [-0.1, -0.05) is 12.1 Å². The van der Waals surface area contributed by atoms with Crippen molar-refractivity contribution in [2.75, 3.05) is 18.5 Å². The number of rotatable bonds is 7. The number of sulfonamides is 1. The zero-order valence-corrected chi connectivity index (χ0v) is 17.3. The maximum atomic E-state index is 14.0. The number of amides is 1. The molecule has 1 saturated heterocycles. The van der Waals surface area contributed by atoms with Gasteiger partial charge in [0.1, 0.15) is 16.8 Å². The Morgan fingerprint density at radius 1 is 1.38 bits per heavy atom. The highest BCUT2D eigenvalue weighted by Crippen LogP contribution is 2.28. The number of nitrogens with one attached hydrogen (secondary N) is 1. The molecule has 1 atom stereocenters. The van der Waals surface area contributed by atoms with E-state index < -0.39 is 38.7 Å². The summed E-state index contributed by atoms with van der Waals surface area (Å²) in [6.07, 6.45) is 0.787. The second-order valence-electron chi connectivity index (χ2n) is 6.32. The first-order valence-corrected chi connectivity index (χ1v) is 11.3. The molecule has 1 aromatic heterocycles. The van der Waals surface area contributed by atoms with Crippen molar-refractivity contribution in [2.24, 2.45) is 0 Å². The molecule has 1 aromatic carbocycles. The standard InChI is InChI=1S/C18H20FN3O5S2/c1-2-27-16(23)10-12-11-28-18(20-12)21-17(24)14-7-5-9-22(14)29(25,26)15-8-4-3-6-13(15)19/h3-4,6,8,11,14H,2,5,7,9-10H2,1H3,(H,20,21,24)/t14-/m1/s1. The first-order chi connectivity index (χ1) is 13.8. The number of ether oxygens (including phenoxy) is 1. The molecule has 8 nitrogen and oxygen atoms in total. The SMILES string of the molecule is CCOC(=O)Cc1csc(NC(=O)[C@H]2CCCN2S(=O)(=O)c2ccccc2F)n1. The topological polar surface area (TPSA) is 106 Å². The van der Waals surface area contributed by atoms with Crippen LogP contribution in [0.25, 0.3) is 0 Å². The fourth-order valence-electron chi connectivity index (χ4n) is 3.06. The Labute approximate surface area is 171 Å². The molecule has 1 N–H and O–H groups in total. The number of nitrogens with zero attached hydrogens (tertiary/aromatic N) is 2. The Bertz CT molecular complexity index is 1010. The molecule has 0 aliphatic carbocycles. The van der Waals surface area contributed by atoms with Gasteiger partial charge in [-0.05, 0) is 31.9 Å². The van der Waals surface area contributed by atoms with Crippen LogP contribution in [0.5, 0.6) is 0 Å². The highest BCUT2D eigenvalue weighted by atomic mass is 32.2. The number of benzene rings is 1. The van der Waals surface area contributed by atoms with Crippen molar-refractivity contribution in [1.29, 1.82) is 0 Å². The number of esters is 1. The summed E-state index contributed by atoms with van der Waals surface area (Å²) in [6.45, 7) is 2.09. The van der Waals surface area contributed by atoms with Gasteiger partial charge in [0.25, 0.3) is 0 Å². The van der Waals surface area contributed by atoms with Gasteiger partial charge in [-0.2, -0.15) is 4.31 Å². The van der Waals surface area contributed by atoms with E-state index in [4.69, 9.17) is 4.74 Å². The molecule has 2 heterocycles. The van der Waals surface area contributed by atoms with Gasteiger partial charge in [0.2, 0.25) is 15.9 Å². The normalized spacial score (nSPS) is 17.2. The van der Waals surface area contributed by atoms with Crippen molar-refractivity contribution < 1.29 is 27.1 Å². The van der Waals surface area contributed by atoms with E-state index in [2.05, 4.69) is 10.3 Å². The van der Waals surface area contributed by atoms with Crippen LogP contribution in [-0.4, -0.2) is 48.8 Å². The molecule has 1 fully saturated rings. The van der Waals surface area contributed by atoms with Crippen LogP contribution in [0.15, 0.2) is 34.5 Å². The van der Waals surface area contributed by atoms with Crippen LogP contribution < -0.4 is 5.32 Å². The lowest BCUT2D eigenvalue weighted by atomic mass is 10.2. The molecule has 0 bridgehead atoms. The number of aromatic nitrogens is 1. The number of carbonyl (C=O) groups is 2. The summed E-state index contributed by atoms with van der Waals surface area (Å²) in [5, 5.41) is 4.47. The predicted octanol–water partition coefficient (Wildman–Crippen LogP) is 2.18. The average molecular weight is 442 g/mol. The van der Waals surface area contributed by atoms with Crippen LogP contribution in [-0.2, 0) is 30.8 Å². The number of halogens is 1. The Balaban J connectivity index is 1.72. The third-order valence-corrected chi connectivity index (χ3v) is 7.09. The fraction of sp³-hybridized carbons (Fsp3) is 0.389. The lowest BCUT2D eigenvalue weighted by molar-refractivity contribution is -0.142. The van der Waals surface area contributed by atoms with Gasteiger partial charge in [-0.15, -0.1) is 11.3 Å². The van der Waals surface area contributed by atoms with E-state index in [-0.39, 0.29) is 24.7 Å². The summed E-state index contributed by atoms with van der Waals surface area (Å²) >= 11 is 1.13. The molecule has 11 heteroatoms. The number of carbonyl (C=O) groups excluding carboxylic acids is 2. The minimum atomic E-state index is -4.15. The maximum absolute atomic E-state index is 14.0. The van der Waals surface area contributed by atoms with Crippen LogP contribution in [0.2, 0.25) is 0 Å². The Morgan fingerprint density at radius 2 is 2.14 bits per heavy atom. The van der Waals surface area contributed by atoms with E-state index in [1.165, 1.54) is 18.2 Å². The smallest absolute Gasteiger partial charge is 0.311 e. The van der Waals surface area contributed by atoms with E-state index in [1.54, 1.807) is 12.3 Å². The van der Waals surface area contributed by atoms with Crippen LogP contribution in [0.3, 0.4) is 0 Å². The van der Waals surface area contributed by atoms with Gasteiger partial charge in [-0.25, -0.2) is 17.8 Å². The molecule has 0 radical (unpaired) electrons. The van der Waals surface area contributed by atoms with Gasteiger partial charge in [0.05, 0.1) is 18.7 Å². The second kappa shape index (κ2) is 8.97. The van der Waals surface area contributed by atoms with E-state index in [1.807, 2.05) is 0 Å². The third-order valence-electron chi connectivity index (χ3n) is 4.34. The average Bonchev–Trinajstić information content (AvgIpc) is 3.32. The number of anilines is 1. The molecule has 3 rings (SSSR count). The molecule has 29 heavy (non-hydrogen) atoms.